The van der Waals surface area contributed by atoms with Crippen LogP contribution < -0.4 is 0 Å². The summed E-state index contributed by atoms with van der Waals surface area (Å²) in [5.74, 6) is 0.0906. The van der Waals surface area contributed by atoms with E-state index in [1.807, 2.05) is 0 Å². The highest BCUT2D eigenvalue weighted by Gasteiger charge is 2.39. The van der Waals surface area contributed by atoms with Gasteiger partial charge in [0.1, 0.15) is 17.5 Å². The van der Waals surface area contributed by atoms with Crippen LogP contribution in [-0.2, 0) is 0 Å². The molecule has 0 saturated carbocycles. The molecule has 0 amide bonds. The molecule has 0 spiro atoms. The maximum Gasteiger partial charge on any atom is 0.120 e. The van der Waals surface area contributed by atoms with Crippen molar-refractivity contribution in [3.8, 4) is 0 Å². The van der Waals surface area contributed by atoms with Gasteiger partial charge in [-0.3, -0.25) is 0 Å². The lowest BCUT2D eigenvalue weighted by atomic mass is 9.79. The van der Waals surface area contributed by atoms with E-state index in [1.54, 1.807) is 20.8 Å². The maximum atomic E-state index is 9.87. The van der Waals surface area contributed by atoms with Gasteiger partial charge >= 0.3 is 0 Å². The Morgan fingerprint density at radius 3 is 2.15 bits per heavy atom. The van der Waals surface area contributed by atoms with Crippen LogP contribution in [0, 0.1) is 0 Å². The van der Waals surface area contributed by atoms with Gasteiger partial charge in [-0.2, -0.15) is 0 Å². The van der Waals surface area contributed by atoms with Gasteiger partial charge in [-0.25, -0.2) is 0 Å². The van der Waals surface area contributed by atoms with Gasteiger partial charge in [-0.05, 0) is 38.8 Å². The third-order valence-corrected chi connectivity index (χ3v) is 3.00. The summed E-state index contributed by atoms with van der Waals surface area (Å²) in [7, 11) is 0. The van der Waals surface area contributed by atoms with Gasteiger partial charge in [-0.15, -0.1) is 0 Å². The molecule has 0 aromatic heterocycles. The highest BCUT2D eigenvalue weighted by molar-refractivity contribution is 5.43. The molecule has 0 saturated heterocycles. The van der Waals surface area contributed by atoms with Crippen LogP contribution in [-0.4, -0.2) is 27.0 Å². The van der Waals surface area contributed by atoms with Crippen molar-refractivity contribution in [1.82, 2.24) is 0 Å². The molecular weight excluding hydrogens is 168 g/mol. The molecule has 0 fully saturated rings. The van der Waals surface area contributed by atoms with Crippen molar-refractivity contribution < 1.29 is 15.3 Å². The van der Waals surface area contributed by atoms with Crippen molar-refractivity contribution in [2.24, 2.45) is 0 Å². The smallest absolute Gasteiger partial charge is 0.120 e. The molecule has 3 N–H and O–H groups in total. The van der Waals surface area contributed by atoms with Gasteiger partial charge in [0.2, 0.25) is 0 Å². The number of allylic oxidation sites excluding steroid dienone is 1. The number of rotatable bonds is 0. The largest absolute Gasteiger partial charge is 0.508 e. The quantitative estimate of drug-likeness (QED) is 0.531. The first-order valence-electron chi connectivity index (χ1n) is 4.28. The Kier molecular flexibility index (Phi) is 2.26. The Morgan fingerprint density at radius 1 is 1.23 bits per heavy atom. The molecule has 3 nitrogen and oxygen atoms in total. The third kappa shape index (κ3) is 1.28. The number of aliphatic hydroxyl groups excluding tert-OH is 2. The molecule has 1 rings (SSSR count). The fourth-order valence-electron chi connectivity index (χ4n) is 1.54. The zero-order valence-corrected chi connectivity index (χ0v) is 8.42. The molecular formula is C10H16O3. The molecule has 3 heteroatoms. The summed E-state index contributed by atoms with van der Waals surface area (Å²) >= 11 is 0. The fourth-order valence-corrected chi connectivity index (χ4v) is 1.54. The van der Waals surface area contributed by atoms with Crippen molar-refractivity contribution in [2.45, 2.75) is 39.4 Å². The predicted octanol–water partition coefficient (Wildman–Crippen LogP) is 1.28. The van der Waals surface area contributed by atoms with Crippen LogP contribution in [0.5, 0.6) is 0 Å². The molecule has 0 aromatic carbocycles. The molecule has 0 aliphatic heterocycles. The zero-order valence-electron chi connectivity index (χ0n) is 8.42. The first kappa shape index (κ1) is 10.3. The number of hydrogen-bond donors (Lipinski definition) is 3. The minimum Gasteiger partial charge on any atom is -0.508 e. The fraction of sp³-hybridized carbons (Fsp3) is 0.600. The summed E-state index contributed by atoms with van der Waals surface area (Å²) < 4.78 is 0. The molecule has 1 aliphatic carbocycles. The summed E-state index contributed by atoms with van der Waals surface area (Å²) in [6, 6.07) is 0. The topological polar surface area (TPSA) is 60.7 Å². The van der Waals surface area contributed by atoms with Crippen molar-refractivity contribution in [3.63, 3.8) is 0 Å². The SMILES string of the molecule is CC1=C(C)C(O)C(C)(O)C(C)=C1O. The summed E-state index contributed by atoms with van der Waals surface area (Å²) in [6.07, 6.45) is -0.927. The van der Waals surface area contributed by atoms with Crippen molar-refractivity contribution in [1.29, 1.82) is 0 Å². The predicted molar refractivity (Wildman–Crippen MR) is 50.3 cm³/mol. The van der Waals surface area contributed by atoms with E-state index in [4.69, 9.17) is 0 Å². The molecule has 0 heterocycles. The lowest BCUT2D eigenvalue weighted by Crippen LogP contribution is -2.44. The van der Waals surface area contributed by atoms with E-state index in [9.17, 15) is 15.3 Å². The Balaban J connectivity index is 3.32. The van der Waals surface area contributed by atoms with E-state index in [2.05, 4.69) is 0 Å². The molecule has 1 aliphatic rings. The van der Waals surface area contributed by atoms with Crippen LogP contribution in [0.25, 0.3) is 0 Å². The lowest BCUT2D eigenvalue weighted by Gasteiger charge is -2.36. The standard InChI is InChI=1S/C10H16O3/c1-5-6(2)9(12)10(4,13)7(3)8(5)11/h9,11-13H,1-4H3. The van der Waals surface area contributed by atoms with Crippen LogP contribution in [0.3, 0.4) is 0 Å². The van der Waals surface area contributed by atoms with Crippen molar-refractivity contribution >= 4 is 0 Å². The average Bonchev–Trinajstić information content (AvgIpc) is 2.09. The highest BCUT2D eigenvalue weighted by Crippen LogP contribution is 2.35. The Hall–Kier alpha value is -0.800. The minimum atomic E-state index is -1.35. The highest BCUT2D eigenvalue weighted by atomic mass is 16.3. The molecule has 2 atom stereocenters. The second kappa shape index (κ2) is 2.86. The van der Waals surface area contributed by atoms with E-state index < -0.39 is 11.7 Å². The molecule has 0 aromatic rings. The van der Waals surface area contributed by atoms with E-state index >= 15 is 0 Å². The summed E-state index contributed by atoms with van der Waals surface area (Å²) in [5.41, 5.74) is 0.334. The van der Waals surface area contributed by atoms with Crippen LogP contribution in [0.1, 0.15) is 27.7 Å². The van der Waals surface area contributed by atoms with Gasteiger partial charge in [-0.1, -0.05) is 0 Å². The molecule has 0 radical (unpaired) electrons. The van der Waals surface area contributed by atoms with Gasteiger partial charge in [0.15, 0.2) is 0 Å². The Labute approximate surface area is 78.0 Å². The second-order valence-corrected chi connectivity index (χ2v) is 3.83. The van der Waals surface area contributed by atoms with Crippen LogP contribution in [0.15, 0.2) is 22.5 Å². The summed E-state index contributed by atoms with van der Waals surface area (Å²) in [6.45, 7) is 6.55. The van der Waals surface area contributed by atoms with Crippen LogP contribution >= 0.6 is 0 Å². The first-order chi connectivity index (χ1) is 5.80. The molecule has 13 heavy (non-hydrogen) atoms. The minimum absolute atomic E-state index is 0.0906. The first-order valence-corrected chi connectivity index (χ1v) is 4.28. The maximum absolute atomic E-state index is 9.87. The Morgan fingerprint density at radius 2 is 1.69 bits per heavy atom. The van der Waals surface area contributed by atoms with Gasteiger partial charge in [0, 0.05) is 5.57 Å². The molecule has 74 valence electrons. The monoisotopic (exact) mass is 184 g/mol. The average molecular weight is 184 g/mol. The third-order valence-electron chi connectivity index (χ3n) is 3.00. The van der Waals surface area contributed by atoms with Gasteiger partial charge < -0.3 is 15.3 Å². The normalized spacial score (nSPS) is 35.7. The van der Waals surface area contributed by atoms with Gasteiger partial charge in [0.25, 0.3) is 0 Å². The van der Waals surface area contributed by atoms with Gasteiger partial charge in [0.05, 0.1) is 0 Å². The number of aliphatic hydroxyl groups is 3. The van der Waals surface area contributed by atoms with E-state index in [0.717, 1.165) is 0 Å². The number of hydrogen-bond acceptors (Lipinski definition) is 3. The van der Waals surface area contributed by atoms with E-state index in [0.29, 0.717) is 16.7 Å². The summed E-state index contributed by atoms with van der Waals surface area (Å²) in [5, 5.41) is 29.2. The van der Waals surface area contributed by atoms with Crippen LogP contribution in [0.2, 0.25) is 0 Å². The van der Waals surface area contributed by atoms with Crippen molar-refractivity contribution in [3.05, 3.63) is 22.5 Å². The molecule has 0 bridgehead atoms. The van der Waals surface area contributed by atoms with Crippen LogP contribution in [0.4, 0.5) is 0 Å². The second-order valence-electron chi connectivity index (χ2n) is 3.83. The van der Waals surface area contributed by atoms with E-state index in [-0.39, 0.29) is 5.76 Å². The summed E-state index contributed by atoms with van der Waals surface area (Å²) in [4.78, 5) is 0. The van der Waals surface area contributed by atoms with E-state index in [1.165, 1.54) is 6.92 Å². The molecule has 2 unspecified atom stereocenters. The lowest BCUT2D eigenvalue weighted by molar-refractivity contribution is -0.0207. The van der Waals surface area contributed by atoms with Crippen molar-refractivity contribution in [2.75, 3.05) is 0 Å². The Bertz CT molecular complexity index is 297. The zero-order chi connectivity index (χ0) is 10.4.